The highest BCUT2D eigenvalue weighted by molar-refractivity contribution is 5.88. The summed E-state index contributed by atoms with van der Waals surface area (Å²) in [5.74, 6) is -0.956. The van der Waals surface area contributed by atoms with Crippen molar-refractivity contribution in [3.05, 3.63) is 23.8 Å². The lowest BCUT2D eigenvalue weighted by Gasteiger charge is -2.34. The molecule has 0 bridgehead atoms. The van der Waals surface area contributed by atoms with Gasteiger partial charge in [-0.1, -0.05) is 6.92 Å². The smallest absolute Gasteiger partial charge is 0.339 e. The number of carboxylic acid groups (broad SMARTS) is 1. The van der Waals surface area contributed by atoms with E-state index < -0.39 is 5.97 Å². The van der Waals surface area contributed by atoms with Gasteiger partial charge < -0.3 is 10.4 Å². The molecule has 20 heavy (non-hydrogen) atoms. The Balaban J connectivity index is 2.13. The minimum Gasteiger partial charge on any atom is -0.478 e. The van der Waals surface area contributed by atoms with Gasteiger partial charge in [0.05, 0.1) is 5.69 Å². The first-order valence-corrected chi connectivity index (χ1v) is 7.19. The van der Waals surface area contributed by atoms with E-state index in [1.807, 2.05) is 0 Å². The van der Waals surface area contributed by atoms with E-state index >= 15 is 0 Å². The van der Waals surface area contributed by atoms with E-state index in [1.165, 1.54) is 12.5 Å². The molecule has 1 aliphatic rings. The first-order chi connectivity index (χ1) is 9.72. The number of hydrogen-bond acceptors (Lipinski definition) is 5. The van der Waals surface area contributed by atoms with E-state index in [1.54, 1.807) is 0 Å². The molecule has 0 unspecified atom stereocenters. The molecule has 1 aliphatic heterocycles. The lowest BCUT2D eigenvalue weighted by molar-refractivity contribution is 0.0691. The summed E-state index contributed by atoms with van der Waals surface area (Å²) in [5.41, 5.74) is 0.821. The molecular weight excluding hydrogens is 256 g/mol. The van der Waals surface area contributed by atoms with Gasteiger partial charge in [-0.05, 0) is 38.9 Å². The van der Waals surface area contributed by atoms with Crippen LogP contribution in [0.5, 0.6) is 0 Å². The molecule has 6 nitrogen and oxygen atoms in total. The maximum atomic E-state index is 11.2. The fourth-order valence-corrected chi connectivity index (χ4v) is 2.70. The lowest BCUT2D eigenvalue weighted by atomic mass is 10.0. The Hall–Kier alpha value is -1.53. The number of aromatic carboxylic acids is 1. The molecule has 1 fully saturated rings. The zero-order valence-electron chi connectivity index (χ0n) is 11.9. The number of aromatic nitrogens is 2. The van der Waals surface area contributed by atoms with Gasteiger partial charge in [0.1, 0.15) is 11.9 Å². The molecular formula is C14H22N4O2. The molecule has 0 saturated carbocycles. The van der Waals surface area contributed by atoms with Crippen LogP contribution in [0.1, 0.15) is 42.2 Å². The maximum absolute atomic E-state index is 11.2. The highest BCUT2D eigenvalue weighted by Gasteiger charge is 2.22. The van der Waals surface area contributed by atoms with Gasteiger partial charge in [-0.25, -0.2) is 14.8 Å². The number of carbonyl (C=O) groups is 1. The van der Waals surface area contributed by atoms with Crippen LogP contribution in [-0.2, 0) is 6.54 Å². The van der Waals surface area contributed by atoms with Crippen LogP contribution in [0.4, 0.5) is 0 Å². The van der Waals surface area contributed by atoms with Crippen molar-refractivity contribution in [1.82, 2.24) is 20.2 Å². The predicted molar refractivity (Wildman–Crippen MR) is 75.6 cm³/mol. The van der Waals surface area contributed by atoms with Crippen LogP contribution in [0, 0.1) is 0 Å². The minimum atomic E-state index is -0.956. The van der Waals surface area contributed by atoms with E-state index in [0.717, 1.165) is 38.9 Å². The molecule has 2 heterocycles. The predicted octanol–water partition coefficient (Wildman–Crippen LogP) is 1.14. The fraction of sp³-hybridized carbons (Fsp3) is 0.643. The van der Waals surface area contributed by atoms with Crippen LogP contribution in [-0.4, -0.2) is 51.6 Å². The third-order valence-corrected chi connectivity index (χ3v) is 3.71. The highest BCUT2D eigenvalue weighted by Crippen LogP contribution is 2.16. The standard InChI is InChI=1S/C14H22N4O2/c1-2-7-18(11-3-5-15-6-4-11)9-13-12(14(19)20)8-16-10-17-13/h8,10-11,15H,2-7,9H2,1H3,(H,19,20). The van der Waals surface area contributed by atoms with Crippen molar-refractivity contribution in [2.45, 2.75) is 38.8 Å². The highest BCUT2D eigenvalue weighted by atomic mass is 16.4. The lowest BCUT2D eigenvalue weighted by Crippen LogP contribution is -2.43. The van der Waals surface area contributed by atoms with E-state index in [4.69, 9.17) is 0 Å². The molecule has 2 rings (SSSR count). The van der Waals surface area contributed by atoms with Crippen molar-refractivity contribution in [2.24, 2.45) is 0 Å². The number of nitrogens with one attached hydrogen (secondary N) is 1. The van der Waals surface area contributed by atoms with E-state index in [9.17, 15) is 9.90 Å². The summed E-state index contributed by atoms with van der Waals surface area (Å²) in [7, 11) is 0. The Morgan fingerprint density at radius 1 is 1.50 bits per heavy atom. The summed E-state index contributed by atoms with van der Waals surface area (Å²) >= 11 is 0. The molecule has 2 N–H and O–H groups in total. The average molecular weight is 278 g/mol. The second-order valence-corrected chi connectivity index (χ2v) is 5.14. The molecule has 6 heteroatoms. The monoisotopic (exact) mass is 278 g/mol. The van der Waals surface area contributed by atoms with Gasteiger partial charge >= 0.3 is 5.97 Å². The molecule has 110 valence electrons. The Bertz CT molecular complexity index is 447. The average Bonchev–Trinajstić information content (AvgIpc) is 2.48. The number of hydrogen-bond donors (Lipinski definition) is 2. The van der Waals surface area contributed by atoms with Gasteiger partial charge in [0.15, 0.2) is 0 Å². The fourth-order valence-electron chi connectivity index (χ4n) is 2.70. The third kappa shape index (κ3) is 3.74. The quantitative estimate of drug-likeness (QED) is 0.812. The van der Waals surface area contributed by atoms with Crippen LogP contribution < -0.4 is 5.32 Å². The Morgan fingerprint density at radius 2 is 2.25 bits per heavy atom. The molecule has 1 aromatic heterocycles. The van der Waals surface area contributed by atoms with E-state index in [-0.39, 0.29) is 5.56 Å². The Labute approximate surface area is 119 Å². The summed E-state index contributed by atoms with van der Waals surface area (Å²) < 4.78 is 0. The van der Waals surface area contributed by atoms with Gasteiger partial charge in [-0.3, -0.25) is 4.90 Å². The third-order valence-electron chi connectivity index (χ3n) is 3.71. The molecule has 0 amide bonds. The van der Waals surface area contributed by atoms with Gasteiger partial charge in [0.25, 0.3) is 0 Å². The van der Waals surface area contributed by atoms with Crippen molar-refractivity contribution in [2.75, 3.05) is 19.6 Å². The molecule has 0 atom stereocenters. The summed E-state index contributed by atoms with van der Waals surface area (Å²) in [5, 5.41) is 12.6. The van der Waals surface area contributed by atoms with Crippen molar-refractivity contribution in [3.8, 4) is 0 Å². The zero-order valence-corrected chi connectivity index (χ0v) is 11.9. The Kier molecular flexibility index (Phi) is 5.43. The van der Waals surface area contributed by atoms with Crippen molar-refractivity contribution in [3.63, 3.8) is 0 Å². The summed E-state index contributed by atoms with van der Waals surface area (Å²) in [4.78, 5) is 21.6. The first-order valence-electron chi connectivity index (χ1n) is 7.19. The zero-order chi connectivity index (χ0) is 14.4. The minimum absolute atomic E-state index is 0.211. The number of rotatable bonds is 6. The molecule has 0 radical (unpaired) electrons. The molecule has 0 aromatic carbocycles. The van der Waals surface area contributed by atoms with Crippen LogP contribution in [0.2, 0.25) is 0 Å². The van der Waals surface area contributed by atoms with Gasteiger partial charge in [0.2, 0.25) is 0 Å². The molecule has 1 saturated heterocycles. The summed E-state index contributed by atoms with van der Waals surface area (Å²) in [6.45, 7) is 5.75. The molecule has 0 spiro atoms. The van der Waals surface area contributed by atoms with E-state index in [2.05, 4.69) is 27.1 Å². The Morgan fingerprint density at radius 3 is 2.90 bits per heavy atom. The SMILES string of the molecule is CCCN(Cc1ncncc1C(=O)O)C1CCNCC1. The van der Waals surface area contributed by atoms with Gasteiger partial charge in [0, 0.05) is 18.8 Å². The summed E-state index contributed by atoms with van der Waals surface area (Å²) in [6, 6.07) is 0.507. The van der Waals surface area contributed by atoms with Crippen LogP contribution in [0.25, 0.3) is 0 Å². The van der Waals surface area contributed by atoms with E-state index in [0.29, 0.717) is 18.3 Å². The second kappa shape index (κ2) is 7.31. The molecule has 1 aromatic rings. The summed E-state index contributed by atoms with van der Waals surface area (Å²) in [6.07, 6.45) is 6.07. The topological polar surface area (TPSA) is 78.4 Å². The number of nitrogens with zero attached hydrogens (tertiary/aromatic N) is 3. The first kappa shape index (κ1) is 14.9. The number of carboxylic acids is 1. The van der Waals surface area contributed by atoms with Crippen molar-refractivity contribution < 1.29 is 9.90 Å². The van der Waals surface area contributed by atoms with Crippen LogP contribution >= 0.6 is 0 Å². The number of piperidine rings is 1. The molecule has 0 aliphatic carbocycles. The van der Waals surface area contributed by atoms with Crippen molar-refractivity contribution >= 4 is 5.97 Å². The van der Waals surface area contributed by atoms with Crippen LogP contribution in [0.3, 0.4) is 0 Å². The van der Waals surface area contributed by atoms with Gasteiger partial charge in [-0.15, -0.1) is 0 Å². The van der Waals surface area contributed by atoms with Crippen molar-refractivity contribution in [1.29, 1.82) is 0 Å². The van der Waals surface area contributed by atoms with Gasteiger partial charge in [-0.2, -0.15) is 0 Å². The maximum Gasteiger partial charge on any atom is 0.339 e. The van der Waals surface area contributed by atoms with Crippen LogP contribution in [0.15, 0.2) is 12.5 Å². The largest absolute Gasteiger partial charge is 0.478 e. The normalized spacial score (nSPS) is 16.5. The second-order valence-electron chi connectivity index (χ2n) is 5.14.